The minimum Gasteiger partial charge on any atom is -0.465 e. The van der Waals surface area contributed by atoms with E-state index in [2.05, 4.69) is 20.7 Å². The molecule has 0 unspecified atom stereocenters. The molecule has 0 spiro atoms. The molecule has 0 saturated carbocycles. The molecule has 1 aromatic rings. The molecule has 0 aliphatic carbocycles. The van der Waals surface area contributed by atoms with E-state index in [4.69, 9.17) is 16.3 Å². The van der Waals surface area contributed by atoms with Crippen LogP contribution in [0.5, 0.6) is 0 Å². The minimum atomic E-state index is -3.82. The molecule has 114 valence electrons. The second kappa shape index (κ2) is 7.22. The van der Waals surface area contributed by atoms with Gasteiger partial charge in [0.05, 0.1) is 6.61 Å². The number of rotatable bonds is 6. The Hall–Kier alpha value is -0.150. The molecule has 20 heavy (non-hydrogen) atoms. The van der Waals surface area contributed by atoms with Crippen LogP contribution >= 0.6 is 38.9 Å². The Bertz CT molecular complexity index is 566. The fourth-order valence-corrected chi connectivity index (χ4v) is 5.02. The van der Waals surface area contributed by atoms with Crippen molar-refractivity contribution < 1.29 is 17.9 Å². The summed E-state index contributed by atoms with van der Waals surface area (Å²) >= 11 is 9.90. The van der Waals surface area contributed by atoms with Crippen LogP contribution in [0, 0.1) is 5.92 Å². The standard InChI is InChI=1S/C11H15BrClNO4S2/c1-4-18-11(15)9(6(2)3)14-20(16,17)8-5-7(12)10(13)19-8/h5-6,9,14H,4H2,1-3H3/t9-/m1/s1. The highest BCUT2D eigenvalue weighted by Gasteiger charge is 2.30. The van der Waals surface area contributed by atoms with Crippen molar-refractivity contribution in [3.63, 3.8) is 0 Å². The van der Waals surface area contributed by atoms with Crippen molar-refractivity contribution in [1.82, 2.24) is 4.72 Å². The number of sulfonamides is 1. The third-order valence-electron chi connectivity index (χ3n) is 2.38. The van der Waals surface area contributed by atoms with Crippen molar-refractivity contribution in [3.05, 3.63) is 14.9 Å². The van der Waals surface area contributed by atoms with Crippen LogP contribution in [0.25, 0.3) is 0 Å². The van der Waals surface area contributed by atoms with E-state index >= 15 is 0 Å². The smallest absolute Gasteiger partial charge is 0.324 e. The molecule has 0 aliphatic heterocycles. The molecule has 0 amide bonds. The predicted molar refractivity (Wildman–Crippen MR) is 82.6 cm³/mol. The summed E-state index contributed by atoms with van der Waals surface area (Å²) in [6, 6.07) is 0.470. The Labute approximate surface area is 135 Å². The van der Waals surface area contributed by atoms with E-state index in [0.29, 0.717) is 8.81 Å². The summed E-state index contributed by atoms with van der Waals surface area (Å²) in [7, 11) is -3.82. The molecule has 1 aromatic heterocycles. The van der Waals surface area contributed by atoms with Crippen LogP contribution in [0.2, 0.25) is 4.34 Å². The lowest BCUT2D eigenvalue weighted by Gasteiger charge is -2.19. The molecule has 1 atom stereocenters. The molecule has 0 fully saturated rings. The number of nitrogens with one attached hydrogen (secondary N) is 1. The Balaban J connectivity index is 3.00. The van der Waals surface area contributed by atoms with Crippen LogP contribution in [-0.2, 0) is 19.6 Å². The molecule has 0 radical (unpaired) electrons. The summed E-state index contributed by atoms with van der Waals surface area (Å²) in [5.74, 6) is -0.824. The quantitative estimate of drug-likeness (QED) is 0.740. The van der Waals surface area contributed by atoms with Gasteiger partial charge in [-0.05, 0) is 34.8 Å². The maximum Gasteiger partial charge on any atom is 0.324 e. The third-order valence-corrected chi connectivity index (χ3v) is 6.77. The molecule has 5 nitrogen and oxygen atoms in total. The second-order valence-electron chi connectivity index (χ2n) is 4.28. The van der Waals surface area contributed by atoms with Crippen molar-refractivity contribution in [3.8, 4) is 0 Å². The molecule has 0 aliphatic rings. The largest absolute Gasteiger partial charge is 0.465 e. The van der Waals surface area contributed by atoms with Crippen LogP contribution in [0.3, 0.4) is 0 Å². The average molecular weight is 405 g/mol. The van der Waals surface area contributed by atoms with E-state index in [1.165, 1.54) is 6.07 Å². The molecule has 1 N–H and O–H groups in total. The fraction of sp³-hybridized carbons (Fsp3) is 0.545. The zero-order chi connectivity index (χ0) is 15.5. The van der Waals surface area contributed by atoms with Gasteiger partial charge in [0.1, 0.15) is 14.6 Å². The highest BCUT2D eigenvalue weighted by molar-refractivity contribution is 9.10. The van der Waals surface area contributed by atoms with Gasteiger partial charge in [-0.3, -0.25) is 4.79 Å². The number of thiophene rings is 1. The number of carbonyl (C=O) groups excluding carboxylic acids is 1. The van der Waals surface area contributed by atoms with E-state index in [1.54, 1.807) is 20.8 Å². The SMILES string of the molecule is CCOC(=O)[C@H](NS(=O)(=O)c1cc(Br)c(Cl)s1)C(C)C. The Morgan fingerprint density at radius 3 is 2.55 bits per heavy atom. The fourth-order valence-electron chi connectivity index (χ4n) is 1.37. The first-order valence-corrected chi connectivity index (χ1v) is 9.30. The molecule has 1 rings (SSSR count). The molecule has 0 bridgehead atoms. The second-order valence-corrected chi connectivity index (χ2v) is 8.73. The maximum atomic E-state index is 12.2. The van der Waals surface area contributed by atoms with Crippen LogP contribution in [0.4, 0.5) is 0 Å². The number of halogens is 2. The summed E-state index contributed by atoms with van der Waals surface area (Å²) in [6.07, 6.45) is 0. The van der Waals surface area contributed by atoms with Gasteiger partial charge in [-0.1, -0.05) is 25.4 Å². The van der Waals surface area contributed by atoms with Gasteiger partial charge >= 0.3 is 5.97 Å². The molecule has 1 heterocycles. The van der Waals surface area contributed by atoms with Crippen LogP contribution in [-0.4, -0.2) is 27.0 Å². The van der Waals surface area contributed by atoms with Crippen molar-refractivity contribution in [1.29, 1.82) is 0 Å². The molecule has 0 aromatic carbocycles. The highest BCUT2D eigenvalue weighted by atomic mass is 79.9. The first-order valence-electron chi connectivity index (χ1n) is 5.82. The van der Waals surface area contributed by atoms with Crippen molar-refractivity contribution in [2.24, 2.45) is 5.92 Å². The highest BCUT2D eigenvalue weighted by Crippen LogP contribution is 2.34. The molecular weight excluding hydrogens is 390 g/mol. The van der Waals surface area contributed by atoms with Gasteiger partial charge in [-0.2, -0.15) is 4.72 Å². The number of esters is 1. The van der Waals surface area contributed by atoms with Crippen LogP contribution < -0.4 is 4.72 Å². The lowest BCUT2D eigenvalue weighted by atomic mass is 10.1. The van der Waals surface area contributed by atoms with E-state index < -0.39 is 22.0 Å². The zero-order valence-electron chi connectivity index (χ0n) is 11.1. The Morgan fingerprint density at radius 2 is 2.15 bits per heavy atom. The summed E-state index contributed by atoms with van der Waals surface area (Å²) < 4.78 is 32.6. The topological polar surface area (TPSA) is 72.5 Å². The molecule has 0 saturated heterocycles. The summed E-state index contributed by atoms with van der Waals surface area (Å²) in [5, 5.41) is 0. The van der Waals surface area contributed by atoms with Gasteiger partial charge < -0.3 is 4.74 Å². The van der Waals surface area contributed by atoms with Gasteiger partial charge in [0, 0.05) is 4.47 Å². The lowest BCUT2D eigenvalue weighted by Crippen LogP contribution is -2.45. The van der Waals surface area contributed by atoms with Crippen molar-refractivity contribution >= 4 is 54.9 Å². The average Bonchev–Trinajstić information content (AvgIpc) is 2.67. The van der Waals surface area contributed by atoms with Gasteiger partial charge in [-0.25, -0.2) is 8.42 Å². The van der Waals surface area contributed by atoms with E-state index in [1.807, 2.05) is 0 Å². The first-order chi connectivity index (χ1) is 9.19. The zero-order valence-corrected chi connectivity index (χ0v) is 15.1. The third kappa shape index (κ3) is 4.42. The monoisotopic (exact) mass is 403 g/mol. The summed E-state index contributed by atoms with van der Waals surface area (Å²) in [5.41, 5.74) is 0. The van der Waals surface area contributed by atoms with Gasteiger partial charge in [0.15, 0.2) is 0 Å². The Kier molecular flexibility index (Phi) is 6.46. The summed E-state index contributed by atoms with van der Waals surface area (Å²) in [4.78, 5) is 11.8. The Morgan fingerprint density at radius 1 is 1.55 bits per heavy atom. The van der Waals surface area contributed by atoms with Gasteiger partial charge in [0.2, 0.25) is 0 Å². The van der Waals surface area contributed by atoms with E-state index in [9.17, 15) is 13.2 Å². The first kappa shape index (κ1) is 17.9. The van der Waals surface area contributed by atoms with Gasteiger partial charge in [-0.15, -0.1) is 11.3 Å². The lowest BCUT2D eigenvalue weighted by molar-refractivity contribution is -0.146. The van der Waals surface area contributed by atoms with E-state index in [-0.39, 0.29) is 16.7 Å². The maximum absolute atomic E-state index is 12.2. The van der Waals surface area contributed by atoms with Crippen molar-refractivity contribution in [2.75, 3.05) is 6.61 Å². The predicted octanol–water partition coefficient (Wildman–Crippen LogP) is 3.03. The van der Waals surface area contributed by atoms with Crippen molar-refractivity contribution in [2.45, 2.75) is 31.0 Å². The number of hydrogen-bond donors (Lipinski definition) is 1. The van der Waals surface area contributed by atoms with Crippen LogP contribution in [0.1, 0.15) is 20.8 Å². The summed E-state index contributed by atoms with van der Waals surface area (Å²) in [6.45, 7) is 5.34. The molecular formula is C11H15BrClNO4S2. The van der Waals surface area contributed by atoms with Gasteiger partial charge in [0.25, 0.3) is 10.0 Å². The number of hydrogen-bond acceptors (Lipinski definition) is 5. The minimum absolute atomic E-state index is 0.0457. The number of ether oxygens (including phenoxy) is 1. The van der Waals surface area contributed by atoms with E-state index in [0.717, 1.165) is 11.3 Å². The normalized spacial score (nSPS) is 13.5. The molecule has 9 heteroatoms. The number of carbonyl (C=O) groups is 1. The van der Waals surface area contributed by atoms with Crippen LogP contribution in [0.15, 0.2) is 14.7 Å².